The van der Waals surface area contributed by atoms with Crippen molar-refractivity contribution < 1.29 is 24.3 Å². The number of hydrogen-bond donors (Lipinski definition) is 3. The molecule has 27 heavy (non-hydrogen) atoms. The number of rotatable bonds is 9. The van der Waals surface area contributed by atoms with Gasteiger partial charge in [-0.1, -0.05) is 36.4 Å². The van der Waals surface area contributed by atoms with Crippen LogP contribution in [0.5, 0.6) is 0 Å². The average molecular weight is 386 g/mol. The number of carbonyl (C=O) groups excluding carboxylic acids is 3. The van der Waals surface area contributed by atoms with E-state index in [0.29, 0.717) is 11.1 Å². The molecule has 0 aliphatic heterocycles. The van der Waals surface area contributed by atoms with Gasteiger partial charge in [0, 0.05) is 16.0 Å². The maximum Gasteiger partial charge on any atom is 0.322 e. The van der Waals surface area contributed by atoms with Crippen LogP contribution in [0.2, 0.25) is 0 Å². The second-order valence-corrected chi connectivity index (χ2v) is 6.51. The third-order valence-corrected chi connectivity index (χ3v) is 4.40. The van der Waals surface area contributed by atoms with Gasteiger partial charge in [0.1, 0.15) is 6.54 Å². The first-order chi connectivity index (χ1) is 13.0. The van der Waals surface area contributed by atoms with E-state index in [1.54, 1.807) is 48.5 Å². The lowest BCUT2D eigenvalue weighted by Gasteiger charge is -2.07. The quantitative estimate of drug-likeness (QED) is 0.446. The van der Waals surface area contributed by atoms with E-state index in [1.165, 1.54) is 11.8 Å². The number of carboxylic acids is 1. The topological polar surface area (TPSA) is 113 Å². The normalized spacial score (nSPS) is 10.1. The lowest BCUT2D eigenvalue weighted by Crippen LogP contribution is -2.39. The van der Waals surface area contributed by atoms with Crippen molar-refractivity contribution in [1.29, 1.82) is 0 Å². The first kappa shape index (κ1) is 20.2. The summed E-state index contributed by atoms with van der Waals surface area (Å²) in [7, 11) is 0. The molecule has 0 bridgehead atoms. The highest BCUT2D eigenvalue weighted by Gasteiger charge is 2.11. The zero-order valence-electron chi connectivity index (χ0n) is 14.3. The zero-order valence-corrected chi connectivity index (χ0v) is 15.1. The summed E-state index contributed by atoms with van der Waals surface area (Å²) < 4.78 is 0. The smallest absolute Gasteiger partial charge is 0.322 e. The molecule has 3 N–H and O–H groups in total. The number of aliphatic carboxylic acids is 1. The fraction of sp³-hybridized carbons (Fsp3) is 0.158. The molecule has 2 aromatic carbocycles. The van der Waals surface area contributed by atoms with Gasteiger partial charge in [-0.05, 0) is 18.2 Å². The molecule has 0 aromatic heterocycles. The second kappa shape index (κ2) is 10.1. The van der Waals surface area contributed by atoms with Crippen molar-refractivity contribution >= 4 is 35.3 Å². The Hall–Kier alpha value is -3.13. The molecule has 0 saturated carbocycles. The monoisotopic (exact) mass is 386 g/mol. The number of thioether (sulfide) groups is 1. The van der Waals surface area contributed by atoms with Crippen LogP contribution in [-0.4, -0.2) is 47.5 Å². The molecular formula is C19H18N2O5S. The molecule has 140 valence electrons. The lowest BCUT2D eigenvalue weighted by atomic mass is 10.2. The highest BCUT2D eigenvalue weighted by atomic mass is 32.2. The van der Waals surface area contributed by atoms with Crippen molar-refractivity contribution in [3.05, 3.63) is 65.7 Å². The van der Waals surface area contributed by atoms with E-state index in [0.717, 1.165) is 4.90 Å². The Morgan fingerprint density at radius 2 is 1.56 bits per heavy atom. The minimum absolute atomic E-state index is 0.00874. The van der Waals surface area contributed by atoms with Gasteiger partial charge >= 0.3 is 5.97 Å². The van der Waals surface area contributed by atoms with Crippen LogP contribution in [0, 0.1) is 0 Å². The van der Waals surface area contributed by atoms with Crippen molar-refractivity contribution in [2.24, 2.45) is 0 Å². The predicted molar refractivity (Wildman–Crippen MR) is 101 cm³/mol. The molecule has 7 nitrogen and oxygen atoms in total. The largest absolute Gasteiger partial charge is 0.480 e. The number of amides is 2. The fourth-order valence-corrected chi connectivity index (χ4v) is 2.93. The fourth-order valence-electron chi connectivity index (χ4n) is 2.08. The summed E-state index contributed by atoms with van der Waals surface area (Å²) in [5.41, 5.74) is 0.976. The van der Waals surface area contributed by atoms with Crippen molar-refractivity contribution in [2.75, 3.05) is 18.8 Å². The van der Waals surface area contributed by atoms with Crippen molar-refractivity contribution in [3.8, 4) is 0 Å². The molecule has 8 heteroatoms. The summed E-state index contributed by atoms with van der Waals surface area (Å²) in [6.07, 6.45) is 0. The Morgan fingerprint density at radius 1 is 0.852 bits per heavy atom. The average Bonchev–Trinajstić information content (AvgIpc) is 2.69. The summed E-state index contributed by atoms with van der Waals surface area (Å²) >= 11 is 1.32. The van der Waals surface area contributed by atoms with Crippen LogP contribution in [0.15, 0.2) is 59.5 Å². The molecule has 0 radical (unpaired) electrons. The van der Waals surface area contributed by atoms with Crippen LogP contribution in [-0.2, 0) is 9.59 Å². The Labute approximate surface area is 160 Å². The molecule has 2 rings (SSSR count). The Bertz CT molecular complexity index is 839. The Balaban J connectivity index is 1.86. The first-order valence-corrected chi connectivity index (χ1v) is 9.02. The Morgan fingerprint density at radius 3 is 2.26 bits per heavy atom. The van der Waals surface area contributed by atoms with Crippen LogP contribution < -0.4 is 10.6 Å². The molecule has 0 fully saturated rings. The molecule has 0 heterocycles. The number of nitrogens with one attached hydrogen (secondary N) is 2. The van der Waals surface area contributed by atoms with Crippen molar-refractivity contribution in [3.63, 3.8) is 0 Å². The van der Waals surface area contributed by atoms with Gasteiger partial charge in [0.2, 0.25) is 5.91 Å². The molecule has 2 aromatic rings. The summed E-state index contributed by atoms with van der Waals surface area (Å²) in [4.78, 5) is 46.8. The number of Topliss-reactive ketones (excluding diaryl/α,β-unsaturated/α-hetero) is 1. The van der Waals surface area contributed by atoms with Gasteiger partial charge in [0.25, 0.3) is 5.91 Å². The van der Waals surface area contributed by atoms with E-state index in [1.807, 2.05) is 6.07 Å². The van der Waals surface area contributed by atoms with Crippen molar-refractivity contribution in [2.45, 2.75) is 4.90 Å². The van der Waals surface area contributed by atoms with E-state index in [9.17, 15) is 19.2 Å². The van der Waals surface area contributed by atoms with Gasteiger partial charge in [0.05, 0.1) is 12.3 Å². The predicted octanol–water partition coefficient (Wildman–Crippen LogP) is 1.59. The van der Waals surface area contributed by atoms with E-state index in [-0.39, 0.29) is 18.1 Å². The standard InChI is InChI=1S/C19H18N2O5S/c22-16(13-5-2-1-3-6-13)12-27-15-8-4-7-14(9-15)19(26)21-10-17(23)20-11-18(24)25/h1-9H,10-12H2,(H,20,23)(H,21,26)(H,24,25). The third-order valence-electron chi connectivity index (χ3n) is 3.41. The number of carboxylic acid groups (broad SMARTS) is 1. The minimum atomic E-state index is -1.16. The van der Waals surface area contributed by atoms with E-state index in [4.69, 9.17) is 5.11 Å². The maximum atomic E-state index is 12.1. The van der Waals surface area contributed by atoms with E-state index < -0.39 is 24.3 Å². The number of ketones is 1. The number of hydrogen-bond acceptors (Lipinski definition) is 5. The second-order valence-electron chi connectivity index (χ2n) is 5.46. The number of carbonyl (C=O) groups is 4. The van der Waals surface area contributed by atoms with Crippen LogP contribution >= 0.6 is 11.8 Å². The van der Waals surface area contributed by atoms with Gasteiger partial charge in [-0.25, -0.2) is 0 Å². The molecule has 0 unspecified atom stereocenters. The van der Waals surface area contributed by atoms with Crippen LogP contribution in [0.1, 0.15) is 20.7 Å². The maximum absolute atomic E-state index is 12.1. The molecule has 0 spiro atoms. The summed E-state index contributed by atoms with van der Waals surface area (Å²) in [5.74, 6) is -1.98. The highest BCUT2D eigenvalue weighted by molar-refractivity contribution is 8.00. The molecule has 2 amide bonds. The molecule has 0 saturated heterocycles. The van der Waals surface area contributed by atoms with Gasteiger partial charge in [0.15, 0.2) is 5.78 Å². The summed E-state index contributed by atoms with van der Waals surface area (Å²) in [6.45, 7) is -0.827. The Kier molecular flexibility index (Phi) is 7.57. The van der Waals surface area contributed by atoms with Gasteiger partial charge in [-0.3, -0.25) is 19.2 Å². The molecular weight excluding hydrogens is 368 g/mol. The SMILES string of the molecule is O=C(O)CNC(=O)CNC(=O)c1cccc(SCC(=O)c2ccccc2)c1. The van der Waals surface area contributed by atoms with Crippen LogP contribution in [0.3, 0.4) is 0 Å². The lowest BCUT2D eigenvalue weighted by molar-refractivity contribution is -0.137. The van der Waals surface area contributed by atoms with Crippen LogP contribution in [0.4, 0.5) is 0 Å². The highest BCUT2D eigenvalue weighted by Crippen LogP contribution is 2.20. The minimum Gasteiger partial charge on any atom is -0.480 e. The molecule has 0 aliphatic carbocycles. The van der Waals surface area contributed by atoms with Gasteiger partial charge in [-0.2, -0.15) is 0 Å². The third kappa shape index (κ3) is 6.95. The molecule has 0 atom stereocenters. The molecule has 0 aliphatic rings. The summed E-state index contributed by atoms with van der Waals surface area (Å²) in [6, 6.07) is 15.7. The van der Waals surface area contributed by atoms with E-state index >= 15 is 0 Å². The van der Waals surface area contributed by atoms with E-state index in [2.05, 4.69) is 10.6 Å². The van der Waals surface area contributed by atoms with Gasteiger partial charge < -0.3 is 15.7 Å². The van der Waals surface area contributed by atoms with Crippen molar-refractivity contribution in [1.82, 2.24) is 10.6 Å². The summed E-state index contributed by atoms with van der Waals surface area (Å²) in [5, 5.41) is 13.1. The zero-order chi connectivity index (χ0) is 19.6. The first-order valence-electron chi connectivity index (χ1n) is 8.03. The van der Waals surface area contributed by atoms with Crippen LogP contribution in [0.25, 0.3) is 0 Å². The van der Waals surface area contributed by atoms with Gasteiger partial charge in [-0.15, -0.1) is 11.8 Å². The number of benzene rings is 2.